The van der Waals surface area contributed by atoms with Crippen LogP contribution in [0.3, 0.4) is 0 Å². The maximum Gasteiger partial charge on any atom is 0.268 e. The van der Waals surface area contributed by atoms with Gasteiger partial charge < -0.3 is 9.72 Å². The van der Waals surface area contributed by atoms with Crippen LogP contribution >= 0.6 is 27.3 Å². The highest BCUT2D eigenvalue weighted by molar-refractivity contribution is 9.10. The van der Waals surface area contributed by atoms with Crippen molar-refractivity contribution in [3.63, 3.8) is 0 Å². The van der Waals surface area contributed by atoms with Crippen LogP contribution in [0.15, 0.2) is 38.9 Å². The lowest BCUT2D eigenvalue weighted by Gasteiger charge is -2.08. The number of hydrogen-bond donors (Lipinski definition) is 1. The first-order chi connectivity index (χ1) is 10.2. The molecule has 7 heteroatoms. The molecule has 0 bridgehead atoms. The van der Waals surface area contributed by atoms with E-state index in [2.05, 4.69) is 25.9 Å². The van der Waals surface area contributed by atoms with Crippen molar-refractivity contribution < 1.29 is 9.53 Å². The average Bonchev–Trinajstić information content (AvgIpc) is 2.94. The number of aldehydes is 1. The Balaban J connectivity index is 1.86. The molecule has 1 aromatic carbocycles. The molecule has 2 aromatic heterocycles. The largest absolute Gasteiger partial charge is 0.485 e. The molecule has 0 saturated carbocycles. The van der Waals surface area contributed by atoms with Crippen molar-refractivity contribution in [1.29, 1.82) is 0 Å². The Labute approximate surface area is 131 Å². The Hall–Kier alpha value is -1.99. The number of ether oxygens (including phenoxy) is 1. The van der Waals surface area contributed by atoms with E-state index in [1.165, 1.54) is 11.3 Å². The molecule has 0 atom stereocenters. The number of thiophene rings is 1. The number of H-pyrrole nitrogens is 1. The SMILES string of the molecule is O=Cc1cc(Br)ccc1OCc1nc2ccsc2c(=O)[nH]1. The zero-order valence-electron chi connectivity index (χ0n) is 10.6. The third-order valence-electron chi connectivity index (χ3n) is 2.83. The van der Waals surface area contributed by atoms with Gasteiger partial charge in [0.05, 0.1) is 11.1 Å². The molecule has 106 valence electrons. The standard InChI is InChI=1S/C14H9BrN2O3S/c15-9-1-2-11(8(5-9)6-18)20-7-12-16-10-3-4-21-13(10)14(19)17-12/h1-6H,7H2,(H,16,17,19). The number of nitrogens with one attached hydrogen (secondary N) is 1. The van der Waals surface area contributed by atoms with E-state index in [1.54, 1.807) is 24.3 Å². The molecule has 0 radical (unpaired) electrons. The molecular weight excluding hydrogens is 356 g/mol. The summed E-state index contributed by atoms with van der Waals surface area (Å²) in [6.07, 6.45) is 0.721. The lowest BCUT2D eigenvalue weighted by atomic mass is 10.2. The number of aromatic amines is 1. The van der Waals surface area contributed by atoms with Crippen LogP contribution in [0.1, 0.15) is 16.2 Å². The van der Waals surface area contributed by atoms with Crippen LogP contribution < -0.4 is 10.3 Å². The molecule has 0 fully saturated rings. The second-order valence-corrected chi connectivity index (χ2v) is 6.07. The highest BCUT2D eigenvalue weighted by Crippen LogP contribution is 2.22. The molecular formula is C14H9BrN2O3S. The summed E-state index contributed by atoms with van der Waals surface area (Å²) in [4.78, 5) is 29.8. The summed E-state index contributed by atoms with van der Waals surface area (Å²) in [5, 5.41) is 1.82. The number of fused-ring (bicyclic) bond motifs is 1. The summed E-state index contributed by atoms with van der Waals surface area (Å²) in [6, 6.07) is 6.92. The van der Waals surface area contributed by atoms with Gasteiger partial charge in [-0.3, -0.25) is 9.59 Å². The van der Waals surface area contributed by atoms with Gasteiger partial charge in [-0.1, -0.05) is 15.9 Å². The summed E-state index contributed by atoms with van der Waals surface area (Å²) in [6.45, 7) is 0.0868. The molecule has 5 nitrogen and oxygen atoms in total. The smallest absolute Gasteiger partial charge is 0.268 e. The van der Waals surface area contributed by atoms with E-state index in [0.717, 1.165) is 10.8 Å². The highest BCUT2D eigenvalue weighted by atomic mass is 79.9. The van der Waals surface area contributed by atoms with Crippen LogP contribution in [0.2, 0.25) is 0 Å². The predicted octanol–water partition coefficient (Wildman–Crippen LogP) is 3.14. The monoisotopic (exact) mass is 364 g/mol. The van der Waals surface area contributed by atoms with E-state index in [1.807, 2.05) is 5.38 Å². The Morgan fingerprint density at radius 1 is 1.38 bits per heavy atom. The lowest BCUT2D eigenvalue weighted by molar-refractivity contribution is 0.111. The van der Waals surface area contributed by atoms with Gasteiger partial charge in [0, 0.05) is 4.47 Å². The third-order valence-corrected chi connectivity index (χ3v) is 4.22. The fourth-order valence-corrected chi connectivity index (χ4v) is 2.98. The molecule has 21 heavy (non-hydrogen) atoms. The fraction of sp³-hybridized carbons (Fsp3) is 0.0714. The van der Waals surface area contributed by atoms with Gasteiger partial charge in [-0.05, 0) is 29.6 Å². The molecule has 0 saturated heterocycles. The summed E-state index contributed by atoms with van der Waals surface area (Å²) >= 11 is 4.64. The van der Waals surface area contributed by atoms with Gasteiger partial charge in [0.1, 0.15) is 22.9 Å². The van der Waals surface area contributed by atoms with Gasteiger partial charge in [0.25, 0.3) is 5.56 Å². The van der Waals surface area contributed by atoms with Gasteiger partial charge in [-0.15, -0.1) is 11.3 Å². The van der Waals surface area contributed by atoms with Crippen molar-refractivity contribution in [2.24, 2.45) is 0 Å². The molecule has 0 amide bonds. The summed E-state index contributed by atoms with van der Waals surface area (Å²) in [7, 11) is 0. The minimum absolute atomic E-state index is 0.0868. The summed E-state index contributed by atoms with van der Waals surface area (Å²) in [5.41, 5.74) is 0.900. The number of nitrogens with zero attached hydrogens (tertiary/aromatic N) is 1. The first-order valence-corrected chi connectivity index (χ1v) is 7.68. The van der Waals surface area contributed by atoms with Gasteiger partial charge in [0.15, 0.2) is 6.29 Å². The van der Waals surface area contributed by atoms with E-state index >= 15 is 0 Å². The van der Waals surface area contributed by atoms with Gasteiger partial charge in [-0.25, -0.2) is 4.98 Å². The minimum atomic E-state index is -0.181. The first-order valence-electron chi connectivity index (χ1n) is 6.01. The molecule has 0 aliphatic heterocycles. The first kappa shape index (κ1) is 14.0. The maximum absolute atomic E-state index is 11.8. The number of benzene rings is 1. The Morgan fingerprint density at radius 3 is 3.05 bits per heavy atom. The van der Waals surface area contributed by atoms with E-state index in [9.17, 15) is 9.59 Å². The Kier molecular flexibility index (Phi) is 3.85. The number of halogens is 1. The molecule has 0 aliphatic carbocycles. The molecule has 1 N–H and O–H groups in total. The molecule has 0 unspecified atom stereocenters. The van der Waals surface area contributed by atoms with Crippen LogP contribution in [0.25, 0.3) is 10.2 Å². The second kappa shape index (κ2) is 5.79. The predicted molar refractivity (Wildman–Crippen MR) is 84.1 cm³/mol. The zero-order valence-corrected chi connectivity index (χ0v) is 13.0. The quantitative estimate of drug-likeness (QED) is 0.721. The van der Waals surface area contributed by atoms with E-state index < -0.39 is 0 Å². The molecule has 2 heterocycles. The minimum Gasteiger partial charge on any atom is -0.485 e. The number of aromatic nitrogens is 2. The average molecular weight is 365 g/mol. The highest BCUT2D eigenvalue weighted by Gasteiger charge is 2.08. The second-order valence-electron chi connectivity index (χ2n) is 4.24. The van der Waals surface area contributed by atoms with E-state index in [-0.39, 0.29) is 12.2 Å². The molecule has 0 aliphatic rings. The fourth-order valence-electron chi connectivity index (χ4n) is 1.88. The number of rotatable bonds is 4. The lowest BCUT2D eigenvalue weighted by Crippen LogP contribution is -2.12. The van der Waals surface area contributed by atoms with Crippen molar-refractivity contribution in [3.8, 4) is 5.75 Å². The third kappa shape index (κ3) is 2.88. The van der Waals surface area contributed by atoms with Crippen LogP contribution in [0.5, 0.6) is 5.75 Å². The number of hydrogen-bond acceptors (Lipinski definition) is 5. The van der Waals surface area contributed by atoms with Crippen molar-refractivity contribution in [1.82, 2.24) is 9.97 Å². The number of carbonyl (C=O) groups excluding carboxylic acids is 1. The Bertz CT molecular complexity index is 872. The topological polar surface area (TPSA) is 72.0 Å². The molecule has 3 rings (SSSR count). The van der Waals surface area contributed by atoms with Crippen LogP contribution in [-0.2, 0) is 6.61 Å². The van der Waals surface area contributed by atoms with Gasteiger partial charge >= 0.3 is 0 Å². The maximum atomic E-state index is 11.8. The molecule has 0 spiro atoms. The zero-order chi connectivity index (χ0) is 14.8. The van der Waals surface area contributed by atoms with Crippen molar-refractivity contribution in [2.45, 2.75) is 6.61 Å². The normalized spacial score (nSPS) is 10.7. The van der Waals surface area contributed by atoms with Crippen molar-refractivity contribution in [3.05, 3.63) is 55.9 Å². The van der Waals surface area contributed by atoms with Crippen LogP contribution in [0.4, 0.5) is 0 Å². The summed E-state index contributed by atoms with van der Waals surface area (Å²) in [5.74, 6) is 0.868. The molecule has 3 aromatic rings. The van der Waals surface area contributed by atoms with Crippen LogP contribution in [-0.4, -0.2) is 16.3 Å². The van der Waals surface area contributed by atoms with Gasteiger partial charge in [0.2, 0.25) is 0 Å². The summed E-state index contributed by atoms with van der Waals surface area (Å²) < 4.78 is 6.96. The van der Waals surface area contributed by atoms with E-state index in [4.69, 9.17) is 4.74 Å². The van der Waals surface area contributed by atoms with Crippen molar-refractivity contribution in [2.75, 3.05) is 0 Å². The number of carbonyl (C=O) groups is 1. The van der Waals surface area contributed by atoms with Crippen LogP contribution in [0, 0.1) is 0 Å². The van der Waals surface area contributed by atoms with Crippen molar-refractivity contribution >= 4 is 43.8 Å². The Morgan fingerprint density at radius 2 is 2.24 bits per heavy atom. The van der Waals surface area contributed by atoms with E-state index in [0.29, 0.717) is 27.4 Å². The van der Waals surface area contributed by atoms with Gasteiger partial charge in [-0.2, -0.15) is 0 Å².